The van der Waals surface area contributed by atoms with E-state index in [0.29, 0.717) is 24.5 Å². The van der Waals surface area contributed by atoms with Gasteiger partial charge in [0.2, 0.25) is 5.89 Å². The summed E-state index contributed by atoms with van der Waals surface area (Å²) in [6.45, 7) is 1.48. The first-order chi connectivity index (χ1) is 8.86. The molecule has 2 heterocycles. The van der Waals surface area contributed by atoms with Gasteiger partial charge in [-0.25, -0.2) is 0 Å². The maximum atomic E-state index is 5.68. The summed E-state index contributed by atoms with van der Waals surface area (Å²) in [4.78, 5) is 3.55. The first kappa shape index (κ1) is 11.7. The third-order valence-electron chi connectivity index (χ3n) is 2.92. The van der Waals surface area contributed by atoms with Gasteiger partial charge in [0.15, 0.2) is 0 Å². The van der Waals surface area contributed by atoms with Gasteiger partial charge in [-0.15, -0.1) is 16.4 Å². The molecule has 0 unspecified atom stereocenters. The highest BCUT2D eigenvalue weighted by Gasteiger charge is 2.32. The van der Waals surface area contributed by atoms with Crippen LogP contribution < -0.4 is 10.2 Å². The zero-order valence-electron chi connectivity index (χ0n) is 10.3. The number of hydrogen-bond acceptors (Lipinski definition) is 6. The molecular formula is C12H16N4OS. The van der Waals surface area contributed by atoms with Crippen LogP contribution in [0.25, 0.3) is 0 Å². The lowest BCUT2D eigenvalue weighted by Gasteiger charge is -2.18. The van der Waals surface area contributed by atoms with Gasteiger partial charge in [-0.05, 0) is 31.3 Å². The van der Waals surface area contributed by atoms with Crippen molar-refractivity contribution in [1.82, 2.24) is 15.5 Å². The van der Waals surface area contributed by atoms with Crippen molar-refractivity contribution < 1.29 is 4.42 Å². The Labute approximate surface area is 110 Å². The summed E-state index contributed by atoms with van der Waals surface area (Å²) in [5.41, 5.74) is 0. The van der Waals surface area contributed by atoms with Crippen molar-refractivity contribution in [3.05, 3.63) is 28.3 Å². The van der Waals surface area contributed by atoms with Crippen LogP contribution in [-0.2, 0) is 13.1 Å². The average Bonchev–Trinajstić information content (AvgIpc) is 2.89. The predicted molar refractivity (Wildman–Crippen MR) is 70.6 cm³/mol. The van der Waals surface area contributed by atoms with Gasteiger partial charge < -0.3 is 14.6 Å². The summed E-state index contributed by atoms with van der Waals surface area (Å²) in [6, 6.07) is 5.43. The van der Waals surface area contributed by atoms with Gasteiger partial charge in [0.05, 0.1) is 13.1 Å². The van der Waals surface area contributed by atoms with E-state index in [0.717, 1.165) is 6.54 Å². The lowest BCUT2D eigenvalue weighted by atomic mass is 10.4. The predicted octanol–water partition coefficient (Wildman–Crippen LogP) is 2.02. The highest BCUT2D eigenvalue weighted by atomic mass is 32.1. The van der Waals surface area contributed by atoms with Gasteiger partial charge in [-0.1, -0.05) is 11.2 Å². The SMILES string of the molecule is CNCc1nnc(N(Cc2cccs2)C2CC2)o1. The molecule has 18 heavy (non-hydrogen) atoms. The maximum Gasteiger partial charge on any atom is 0.318 e. The van der Waals surface area contributed by atoms with Crippen LogP contribution in [0.2, 0.25) is 0 Å². The molecule has 0 spiro atoms. The summed E-state index contributed by atoms with van der Waals surface area (Å²) < 4.78 is 5.68. The van der Waals surface area contributed by atoms with Gasteiger partial charge >= 0.3 is 6.01 Å². The third kappa shape index (κ3) is 2.54. The molecule has 1 aliphatic rings. The fourth-order valence-electron chi connectivity index (χ4n) is 1.89. The third-order valence-corrected chi connectivity index (χ3v) is 3.78. The number of hydrogen-bond donors (Lipinski definition) is 1. The standard InChI is InChI=1S/C12H16N4OS/c1-13-7-11-14-15-12(17-11)16(9-4-5-9)8-10-3-2-6-18-10/h2-3,6,9,13H,4-5,7-8H2,1H3. The van der Waals surface area contributed by atoms with E-state index in [1.807, 2.05) is 7.05 Å². The molecule has 0 atom stereocenters. The van der Waals surface area contributed by atoms with Crippen LogP contribution in [0.3, 0.4) is 0 Å². The number of anilines is 1. The smallest absolute Gasteiger partial charge is 0.318 e. The van der Waals surface area contributed by atoms with Crippen LogP contribution in [0.5, 0.6) is 0 Å². The highest BCUT2D eigenvalue weighted by Crippen LogP contribution is 2.32. The van der Waals surface area contributed by atoms with Crippen LogP contribution in [-0.4, -0.2) is 23.3 Å². The van der Waals surface area contributed by atoms with Crippen LogP contribution >= 0.6 is 11.3 Å². The second-order valence-electron chi connectivity index (χ2n) is 4.45. The number of nitrogens with zero attached hydrogens (tertiary/aromatic N) is 3. The molecule has 0 saturated heterocycles. The molecule has 0 amide bonds. The van der Waals surface area contributed by atoms with Crippen molar-refractivity contribution in [3.8, 4) is 0 Å². The molecule has 0 radical (unpaired) electrons. The number of aromatic nitrogens is 2. The normalized spacial score (nSPS) is 14.9. The Morgan fingerprint density at radius 3 is 3.06 bits per heavy atom. The Hall–Kier alpha value is -1.40. The fourth-order valence-corrected chi connectivity index (χ4v) is 2.60. The molecular weight excluding hydrogens is 248 g/mol. The molecule has 0 aromatic carbocycles. The molecule has 3 rings (SSSR count). The van der Waals surface area contributed by atoms with Crippen molar-refractivity contribution in [2.24, 2.45) is 0 Å². The summed E-state index contributed by atoms with van der Waals surface area (Å²) in [5, 5.41) is 13.3. The summed E-state index contributed by atoms with van der Waals surface area (Å²) in [5.74, 6) is 0.643. The molecule has 1 fully saturated rings. The molecule has 2 aromatic rings. The monoisotopic (exact) mass is 264 g/mol. The van der Waals surface area contributed by atoms with Crippen LogP contribution in [0, 0.1) is 0 Å². The number of thiophene rings is 1. The Kier molecular flexibility index (Phi) is 3.29. The Bertz CT molecular complexity index is 492. The molecule has 6 heteroatoms. The van der Waals surface area contributed by atoms with Crippen LogP contribution in [0.1, 0.15) is 23.6 Å². The minimum Gasteiger partial charge on any atom is -0.407 e. The van der Waals surface area contributed by atoms with E-state index in [1.54, 1.807) is 11.3 Å². The van der Waals surface area contributed by atoms with Crippen molar-refractivity contribution in [2.75, 3.05) is 11.9 Å². The zero-order chi connectivity index (χ0) is 12.4. The largest absolute Gasteiger partial charge is 0.407 e. The van der Waals surface area contributed by atoms with Crippen LogP contribution in [0.15, 0.2) is 21.9 Å². The highest BCUT2D eigenvalue weighted by molar-refractivity contribution is 7.09. The summed E-state index contributed by atoms with van der Waals surface area (Å²) in [6.07, 6.45) is 2.43. The van der Waals surface area contributed by atoms with Crippen molar-refractivity contribution >= 4 is 17.4 Å². The minimum atomic E-state index is 0.565. The molecule has 0 aliphatic heterocycles. The molecule has 1 N–H and O–H groups in total. The average molecular weight is 264 g/mol. The Balaban J connectivity index is 1.76. The van der Waals surface area contributed by atoms with E-state index in [4.69, 9.17) is 4.42 Å². The first-order valence-corrected chi connectivity index (χ1v) is 7.01. The van der Waals surface area contributed by atoms with E-state index >= 15 is 0 Å². The van der Waals surface area contributed by atoms with E-state index in [-0.39, 0.29) is 0 Å². The van der Waals surface area contributed by atoms with Crippen molar-refractivity contribution in [3.63, 3.8) is 0 Å². The summed E-state index contributed by atoms with van der Waals surface area (Å²) in [7, 11) is 1.87. The lowest BCUT2D eigenvalue weighted by Crippen LogP contribution is -2.24. The molecule has 2 aromatic heterocycles. The number of nitrogens with one attached hydrogen (secondary N) is 1. The second kappa shape index (κ2) is 5.07. The second-order valence-corrected chi connectivity index (χ2v) is 5.48. The molecule has 96 valence electrons. The van der Waals surface area contributed by atoms with Gasteiger partial charge in [-0.2, -0.15) is 0 Å². The van der Waals surface area contributed by atoms with Gasteiger partial charge in [0, 0.05) is 10.9 Å². The fraction of sp³-hybridized carbons (Fsp3) is 0.500. The first-order valence-electron chi connectivity index (χ1n) is 6.13. The van der Waals surface area contributed by atoms with Gasteiger partial charge in [-0.3, -0.25) is 0 Å². The maximum absolute atomic E-state index is 5.68. The van der Waals surface area contributed by atoms with Gasteiger partial charge in [0.1, 0.15) is 0 Å². The van der Waals surface area contributed by atoms with E-state index in [1.165, 1.54) is 17.7 Å². The van der Waals surface area contributed by atoms with E-state index < -0.39 is 0 Å². The van der Waals surface area contributed by atoms with Crippen LogP contribution in [0.4, 0.5) is 6.01 Å². The quantitative estimate of drug-likeness (QED) is 0.865. The van der Waals surface area contributed by atoms with Gasteiger partial charge in [0.25, 0.3) is 0 Å². The van der Waals surface area contributed by atoms with Crippen molar-refractivity contribution in [1.29, 1.82) is 0 Å². The Morgan fingerprint density at radius 1 is 1.50 bits per heavy atom. The minimum absolute atomic E-state index is 0.565. The molecule has 0 bridgehead atoms. The van der Waals surface area contributed by atoms with E-state index in [9.17, 15) is 0 Å². The van der Waals surface area contributed by atoms with E-state index in [2.05, 4.69) is 37.9 Å². The zero-order valence-corrected chi connectivity index (χ0v) is 11.1. The molecule has 5 nitrogen and oxygen atoms in total. The summed E-state index contributed by atoms with van der Waals surface area (Å²) >= 11 is 1.76. The lowest BCUT2D eigenvalue weighted by molar-refractivity contribution is 0.468. The van der Waals surface area contributed by atoms with Crippen molar-refractivity contribution in [2.45, 2.75) is 32.0 Å². The topological polar surface area (TPSA) is 54.2 Å². The molecule has 1 saturated carbocycles. The number of rotatable bonds is 6. The molecule has 1 aliphatic carbocycles. The Morgan fingerprint density at radius 2 is 2.39 bits per heavy atom.